The van der Waals surface area contributed by atoms with Gasteiger partial charge in [0.2, 0.25) is 0 Å². The molecular formula is C7H15BNO3. The van der Waals surface area contributed by atoms with Gasteiger partial charge < -0.3 is 15.5 Å². The number of aliphatic hydroxyl groups is 1. The van der Waals surface area contributed by atoms with Crippen molar-refractivity contribution in [1.29, 1.82) is 0 Å². The van der Waals surface area contributed by atoms with Crippen molar-refractivity contribution >= 4 is 14.4 Å². The molecule has 69 valence electrons. The summed E-state index contributed by atoms with van der Waals surface area (Å²) >= 11 is 0. The van der Waals surface area contributed by atoms with E-state index in [2.05, 4.69) is 5.32 Å². The summed E-state index contributed by atoms with van der Waals surface area (Å²) in [5.74, 6) is -0.896. The molecule has 0 aliphatic carbocycles. The van der Waals surface area contributed by atoms with Gasteiger partial charge in [0.1, 0.15) is 6.04 Å². The molecule has 0 bridgehead atoms. The van der Waals surface area contributed by atoms with Gasteiger partial charge in [-0.2, -0.15) is 0 Å². The van der Waals surface area contributed by atoms with Gasteiger partial charge >= 0.3 is 5.97 Å². The maximum absolute atomic E-state index is 10.4. The number of aliphatic hydroxyl groups excluding tert-OH is 1. The highest BCUT2D eigenvalue weighted by atomic mass is 16.4. The molecule has 5 heteroatoms. The maximum atomic E-state index is 10.4. The van der Waals surface area contributed by atoms with Crippen LogP contribution >= 0.6 is 0 Å². The van der Waals surface area contributed by atoms with Crippen molar-refractivity contribution in [2.45, 2.75) is 25.8 Å². The van der Waals surface area contributed by atoms with Crippen molar-refractivity contribution in [1.82, 2.24) is 5.32 Å². The van der Waals surface area contributed by atoms with E-state index in [1.54, 1.807) is 0 Å². The largest absolute Gasteiger partial charge is 0.480 e. The third-order valence-electron chi connectivity index (χ3n) is 1.36. The maximum Gasteiger partial charge on any atom is 0.320 e. The number of carboxylic acid groups (broad SMARTS) is 1. The molecule has 4 nitrogen and oxygen atoms in total. The molecule has 12 heavy (non-hydrogen) atoms. The molecule has 1 atom stereocenters. The van der Waals surface area contributed by atoms with Gasteiger partial charge in [-0.25, -0.2) is 0 Å². The molecule has 0 aliphatic rings. The average Bonchev–Trinajstić information content (AvgIpc) is 1.97. The predicted molar refractivity (Wildman–Crippen MR) is 47.2 cm³/mol. The summed E-state index contributed by atoms with van der Waals surface area (Å²) in [4.78, 5) is 10.4. The summed E-state index contributed by atoms with van der Waals surface area (Å²) in [5.41, 5.74) is 0. The van der Waals surface area contributed by atoms with Gasteiger partial charge in [0.15, 0.2) is 0 Å². The lowest BCUT2D eigenvalue weighted by Crippen LogP contribution is -2.37. The van der Waals surface area contributed by atoms with E-state index < -0.39 is 12.0 Å². The highest BCUT2D eigenvalue weighted by molar-refractivity contribution is 5.75. The zero-order valence-corrected chi connectivity index (χ0v) is 7.29. The Labute approximate surface area is 74.6 Å². The van der Waals surface area contributed by atoms with E-state index in [1.165, 1.54) is 0 Å². The summed E-state index contributed by atoms with van der Waals surface area (Å²) in [6.07, 6.45) is 1.17. The van der Waals surface area contributed by atoms with E-state index in [0.717, 1.165) is 6.42 Å². The van der Waals surface area contributed by atoms with Crippen LogP contribution < -0.4 is 5.32 Å². The molecule has 0 fully saturated rings. The molecule has 0 aromatic carbocycles. The number of carboxylic acids is 1. The van der Waals surface area contributed by atoms with Crippen molar-refractivity contribution < 1.29 is 15.0 Å². The van der Waals surface area contributed by atoms with Crippen molar-refractivity contribution in [3.63, 3.8) is 0 Å². The molecule has 3 N–H and O–H groups in total. The molecule has 0 saturated carbocycles. The fourth-order valence-electron chi connectivity index (χ4n) is 0.761. The van der Waals surface area contributed by atoms with Crippen LogP contribution in [0, 0.1) is 0 Å². The number of rotatable bonds is 6. The zero-order chi connectivity index (χ0) is 8.69. The van der Waals surface area contributed by atoms with Crippen molar-refractivity contribution in [2.75, 3.05) is 13.2 Å². The first-order valence-electron chi connectivity index (χ1n) is 3.79. The highest BCUT2D eigenvalue weighted by Crippen LogP contribution is 1.90. The second-order valence-electron chi connectivity index (χ2n) is 2.36. The van der Waals surface area contributed by atoms with Crippen LogP contribution in [0.5, 0.6) is 0 Å². The number of hydrogen-bond acceptors (Lipinski definition) is 3. The Morgan fingerprint density at radius 3 is 2.50 bits per heavy atom. The minimum atomic E-state index is -0.896. The number of carbonyl (C=O) groups is 1. The molecular weight excluding hydrogens is 157 g/mol. The third-order valence-corrected chi connectivity index (χ3v) is 1.36. The molecule has 0 rings (SSSR count). The Bertz CT molecular complexity index is 121. The summed E-state index contributed by atoms with van der Waals surface area (Å²) < 4.78 is 0. The van der Waals surface area contributed by atoms with Crippen molar-refractivity contribution in [3.05, 3.63) is 0 Å². The average molecular weight is 172 g/mol. The monoisotopic (exact) mass is 172 g/mol. The van der Waals surface area contributed by atoms with Gasteiger partial charge in [-0.15, -0.1) is 0 Å². The van der Waals surface area contributed by atoms with Gasteiger partial charge in [-0.1, -0.05) is 6.92 Å². The Hall–Kier alpha value is -0.545. The molecule has 3 radical (unpaired) electrons. The first-order chi connectivity index (χ1) is 5.22. The quantitative estimate of drug-likeness (QED) is 0.469. The van der Waals surface area contributed by atoms with Crippen molar-refractivity contribution in [3.8, 4) is 0 Å². The van der Waals surface area contributed by atoms with Gasteiger partial charge in [0.05, 0.1) is 0 Å². The van der Waals surface area contributed by atoms with E-state index in [-0.39, 0.29) is 21.4 Å². The van der Waals surface area contributed by atoms with Crippen LogP contribution in [0.4, 0.5) is 0 Å². The normalized spacial score (nSPS) is 11.8. The van der Waals surface area contributed by atoms with E-state index >= 15 is 0 Å². The van der Waals surface area contributed by atoms with Crippen LogP contribution in [0.15, 0.2) is 0 Å². The lowest BCUT2D eigenvalue weighted by Gasteiger charge is -2.11. The summed E-state index contributed by atoms with van der Waals surface area (Å²) in [7, 11) is 0. The van der Waals surface area contributed by atoms with Crippen LogP contribution in [0.1, 0.15) is 19.8 Å². The fourth-order valence-corrected chi connectivity index (χ4v) is 0.761. The highest BCUT2D eigenvalue weighted by Gasteiger charge is 2.14. The Morgan fingerprint density at radius 2 is 2.17 bits per heavy atom. The number of nitrogens with one attached hydrogen (secondary N) is 1. The van der Waals surface area contributed by atoms with Crippen LogP contribution in [0.25, 0.3) is 0 Å². The predicted octanol–water partition coefficient (Wildman–Crippen LogP) is -0.559. The Kier molecular flexibility index (Phi) is 9.98. The van der Waals surface area contributed by atoms with Gasteiger partial charge in [-0.05, 0) is 19.4 Å². The molecule has 0 saturated heterocycles. The lowest BCUT2D eigenvalue weighted by molar-refractivity contribution is -0.139. The SMILES string of the molecule is CCCN[C@@H](CCO)C(=O)O.[B]. The van der Waals surface area contributed by atoms with E-state index in [9.17, 15) is 4.79 Å². The van der Waals surface area contributed by atoms with E-state index in [4.69, 9.17) is 10.2 Å². The summed E-state index contributed by atoms with van der Waals surface area (Å²) in [6.45, 7) is 2.55. The third kappa shape index (κ3) is 6.18. The molecule has 0 aliphatic heterocycles. The first kappa shape index (κ1) is 14.0. The standard InChI is InChI=1S/C7H15NO3.B/c1-2-4-8-6(3-5-9)7(10)11;/h6,8-9H,2-5H2,1H3,(H,10,11);/t6-;/m0./s1. The minimum Gasteiger partial charge on any atom is -0.480 e. The minimum absolute atomic E-state index is 0. The molecule has 0 unspecified atom stereocenters. The van der Waals surface area contributed by atoms with Crippen molar-refractivity contribution in [2.24, 2.45) is 0 Å². The van der Waals surface area contributed by atoms with E-state index in [1.807, 2.05) is 6.92 Å². The van der Waals surface area contributed by atoms with Crippen LogP contribution in [0.3, 0.4) is 0 Å². The molecule has 0 heterocycles. The fraction of sp³-hybridized carbons (Fsp3) is 0.857. The Morgan fingerprint density at radius 1 is 1.58 bits per heavy atom. The second-order valence-corrected chi connectivity index (χ2v) is 2.36. The van der Waals surface area contributed by atoms with E-state index in [0.29, 0.717) is 6.54 Å². The number of hydrogen-bond donors (Lipinski definition) is 3. The van der Waals surface area contributed by atoms with Crippen LogP contribution in [0.2, 0.25) is 0 Å². The smallest absolute Gasteiger partial charge is 0.320 e. The topological polar surface area (TPSA) is 69.6 Å². The molecule has 0 aromatic rings. The lowest BCUT2D eigenvalue weighted by atomic mass is 10.2. The number of aliphatic carboxylic acids is 1. The van der Waals surface area contributed by atoms with Gasteiger partial charge in [-0.3, -0.25) is 4.79 Å². The molecule has 0 spiro atoms. The molecule has 0 amide bonds. The zero-order valence-electron chi connectivity index (χ0n) is 7.29. The Balaban J connectivity index is 0. The van der Waals surface area contributed by atoms with Crippen LogP contribution in [-0.2, 0) is 4.79 Å². The van der Waals surface area contributed by atoms with Crippen LogP contribution in [-0.4, -0.2) is 43.8 Å². The van der Waals surface area contributed by atoms with Gasteiger partial charge in [0.25, 0.3) is 0 Å². The van der Waals surface area contributed by atoms with Gasteiger partial charge in [0, 0.05) is 15.0 Å². The summed E-state index contributed by atoms with van der Waals surface area (Å²) in [5, 5.41) is 19.8. The molecule has 0 aromatic heterocycles. The summed E-state index contributed by atoms with van der Waals surface area (Å²) in [6, 6.07) is -0.597. The first-order valence-corrected chi connectivity index (χ1v) is 3.79. The second kappa shape index (κ2) is 8.55.